The maximum atomic E-state index is 6.39. The second-order valence-electron chi connectivity index (χ2n) is 6.88. The minimum atomic E-state index is 0.471. The molecule has 8 heteroatoms. The van der Waals surface area contributed by atoms with Gasteiger partial charge in [0.25, 0.3) is 0 Å². The van der Waals surface area contributed by atoms with Crippen LogP contribution in [0, 0.1) is 6.92 Å². The van der Waals surface area contributed by atoms with E-state index < -0.39 is 0 Å². The number of hydrogen-bond acceptors (Lipinski definition) is 5. The van der Waals surface area contributed by atoms with Gasteiger partial charge in [0.15, 0.2) is 16.6 Å². The van der Waals surface area contributed by atoms with E-state index in [1.54, 1.807) is 27.6 Å². The molecular formula is C23H25ClN2O4S. The average molecular weight is 461 g/mol. The summed E-state index contributed by atoms with van der Waals surface area (Å²) in [7, 11) is 4.76. The molecular weight excluding hydrogens is 436 g/mol. The highest BCUT2D eigenvalue weighted by Crippen LogP contribution is 2.38. The predicted octanol–water partition coefficient (Wildman–Crippen LogP) is 5.67. The standard InChI is InChI=1S/C23H25ClN2O4S/c1-15-7-8-19(18(24)10-15)25-23(31)26(14-17-6-5-9-30-17)13-16-11-20(27-2)22(29-4)21(12-16)28-3/h5-12H,13-14H2,1-4H3,(H,25,31). The molecule has 3 aromatic rings. The van der Waals surface area contributed by atoms with Crippen LogP contribution in [0.2, 0.25) is 5.02 Å². The zero-order chi connectivity index (χ0) is 22.4. The summed E-state index contributed by atoms with van der Waals surface area (Å²) in [6.45, 7) is 2.94. The van der Waals surface area contributed by atoms with Crippen molar-refractivity contribution >= 4 is 34.6 Å². The van der Waals surface area contributed by atoms with Gasteiger partial charge in [-0.1, -0.05) is 17.7 Å². The zero-order valence-electron chi connectivity index (χ0n) is 17.9. The van der Waals surface area contributed by atoms with Crippen molar-refractivity contribution in [3.8, 4) is 17.2 Å². The number of rotatable bonds is 8. The molecule has 1 aromatic heterocycles. The van der Waals surface area contributed by atoms with Gasteiger partial charge in [-0.15, -0.1) is 0 Å². The van der Waals surface area contributed by atoms with Crippen molar-refractivity contribution < 1.29 is 18.6 Å². The van der Waals surface area contributed by atoms with E-state index >= 15 is 0 Å². The largest absolute Gasteiger partial charge is 0.493 e. The van der Waals surface area contributed by atoms with E-state index in [0.717, 1.165) is 22.6 Å². The van der Waals surface area contributed by atoms with Crippen LogP contribution in [0.4, 0.5) is 5.69 Å². The smallest absolute Gasteiger partial charge is 0.203 e. The molecule has 0 bridgehead atoms. The minimum absolute atomic E-state index is 0.471. The SMILES string of the molecule is COc1cc(CN(Cc2ccco2)C(=S)Nc2ccc(C)cc2Cl)cc(OC)c1OC. The molecule has 2 aromatic carbocycles. The summed E-state index contributed by atoms with van der Waals surface area (Å²) < 4.78 is 21.9. The van der Waals surface area contributed by atoms with Crippen LogP contribution < -0.4 is 19.5 Å². The molecule has 0 aliphatic carbocycles. The van der Waals surface area contributed by atoms with Crippen molar-refractivity contribution in [1.29, 1.82) is 0 Å². The molecule has 164 valence electrons. The molecule has 3 rings (SSSR count). The Hall–Kier alpha value is -2.90. The second kappa shape index (κ2) is 10.4. The summed E-state index contributed by atoms with van der Waals surface area (Å²) in [5.74, 6) is 2.48. The number of nitrogens with zero attached hydrogens (tertiary/aromatic N) is 1. The lowest BCUT2D eigenvalue weighted by atomic mass is 10.1. The molecule has 0 fully saturated rings. The van der Waals surface area contributed by atoms with Crippen molar-refractivity contribution in [1.82, 2.24) is 4.90 Å². The highest BCUT2D eigenvalue weighted by atomic mass is 35.5. The molecule has 0 unspecified atom stereocenters. The number of ether oxygens (including phenoxy) is 3. The normalized spacial score (nSPS) is 10.5. The van der Waals surface area contributed by atoms with E-state index in [9.17, 15) is 0 Å². The second-order valence-corrected chi connectivity index (χ2v) is 7.68. The molecule has 1 heterocycles. The van der Waals surface area contributed by atoms with Crippen LogP contribution in [-0.2, 0) is 13.1 Å². The molecule has 0 aliphatic rings. The van der Waals surface area contributed by atoms with E-state index in [1.165, 1.54) is 0 Å². The van der Waals surface area contributed by atoms with Crippen molar-refractivity contribution in [3.05, 3.63) is 70.6 Å². The lowest BCUT2D eigenvalue weighted by Gasteiger charge is -2.26. The Morgan fingerprint density at radius 1 is 1.03 bits per heavy atom. The first-order valence-corrected chi connectivity index (χ1v) is 10.4. The van der Waals surface area contributed by atoms with Crippen LogP contribution >= 0.6 is 23.8 Å². The van der Waals surface area contributed by atoms with E-state index in [2.05, 4.69) is 5.32 Å². The van der Waals surface area contributed by atoms with Gasteiger partial charge in [-0.25, -0.2) is 0 Å². The Balaban J connectivity index is 1.89. The maximum Gasteiger partial charge on any atom is 0.203 e. The number of nitrogens with one attached hydrogen (secondary N) is 1. The highest BCUT2D eigenvalue weighted by molar-refractivity contribution is 7.80. The fourth-order valence-corrected chi connectivity index (χ4v) is 3.67. The number of aryl methyl sites for hydroxylation is 1. The number of benzene rings is 2. The molecule has 0 saturated carbocycles. The van der Waals surface area contributed by atoms with Crippen LogP contribution in [0.25, 0.3) is 0 Å². The van der Waals surface area contributed by atoms with Gasteiger partial charge in [-0.3, -0.25) is 0 Å². The molecule has 0 atom stereocenters. The van der Waals surface area contributed by atoms with Gasteiger partial charge in [0, 0.05) is 6.54 Å². The summed E-state index contributed by atoms with van der Waals surface area (Å²) in [6, 6.07) is 13.3. The van der Waals surface area contributed by atoms with Gasteiger partial charge in [0.2, 0.25) is 5.75 Å². The number of furan rings is 1. The molecule has 6 nitrogen and oxygen atoms in total. The zero-order valence-corrected chi connectivity index (χ0v) is 19.5. The van der Waals surface area contributed by atoms with E-state index in [4.69, 9.17) is 42.4 Å². The number of thiocarbonyl (C=S) groups is 1. The molecule has 0 aliphatic heterocycles. The van der Waals surface area contributed by atoms with E-state index in [-0.39, 0.29) is 0 Å². The molecule has 31 heavy (non-hydrogen) atoms. The van der Waals surface area contributed by atoms with E-state index in [1.807, 2.05) is 54.3 Å². The summed E-state index contributed by atoms with van der Waals surface area (Å²) in [6.07, 6.45) is 1.64. The lowest BCUT2D eigenvalue weighted by Crippen LogP contribution is -2.33. The van der Waals surface area contributed by atoms with Gasteiger partial charge in [0.1, 0.15) is 5.76 Å². The van der Waals surface area contributed by atoms with Gasteiger partial charge >= 0.3 is 0 Å². The van der Waals surface area contributed by atoms with Crippen molar-refractivity contribution in [3.63, 3.8) is 0 Å². The fraction of sp³-hybridized carbons (Fsp3) is 0.261. The maximum absolute atomic E-state index is 6.39. The first kappa shape index (κ1) is 22.8. The Bertz CT molecular complexity index is 1020. The molecule has 1 N–H and O–H groups in total. The number of halogens is 1. The highest BCUT2D eigenvalue weighted by Gasteiger charge is 2.18. The van der Waals surface area contributed by atoms with E-state index in [0.29, 0.717) is 40.5 Å². The van der Waals surface area contributed by atoms with Gasteiger partial charge in [-0.2, -0.15) is 0 Å². The van der Waals surface area contributed by atoms with Crippen LogP contribution in [0.5, 0.6) is 17.2 Å². The lowest BCUT2D eigenvalue weighted by molar-refractivity contribution is 0.321. The van der Waals surface area contributed by atoms with Crippen LogP contribution in [-0.4, -0.2) is 31.3 Å². The number of hydrogen-bond donors (Lipinski definition) is 1. The van der Waals surface area contributed by atoms with Crippen LogP contribution in [0.1, 0.15) is 16.9 Å². The number of anilines is 1. The predicted molar refractivity (Wildman–Crippen MR) is 126 cm³/mol. The Morgan fingerprint density at radius 3 is 2.29 bits per heavy atom. The third kappa shape index (κ3) is 5.62. The van der Waals surface area contributed by atoms with Crippen LogP contribution in [0.3, 0.4) is 0 Å². The van der Waals surface area contributed by atoms with Crippen molar-refractivity contribution in [2.45, 2.75) is 20.0 Å². The average Bonchev–Trinajstić information content (AvgIpc) is 3.27. The third-order valence-corrected chi connectivity index (χ3v) is 5.35. The molecule has 0 amide bonds. The van der Waals surface area contributed by atoms with Gasteiger partial charge in [-0.05, 0) is 66.7 Å². The van der Waals surface area contributed by atoms with Crippen molar-refractivity contribution in [2.24, 2.45) is 0 Å². The Kier molecular flexibility index (Phi) is 7.65. The van der Waals surface area contributed by atoms with Crippen LogP contribution in [0.15, 0.2) is 53.1 Å². The van der Waals surface area contributed by atoms with Crippen molar-refractivity contribution in [2.75, 3.05) is 26.6 Å². The monoisotopic (exact) mass is 460 g/mol. The Labute approximate surface area is 192 Å². The first-order valence-electron chi connectivity index (χ1n) is 9.58. The first-order chi connectivity index (χ1) is 14.9. The third-order valence-electron chi connectivity index (χ3n) is 4.68. The number of methoxy groups -OCH3 is 3. The van der Waals surface area contributed by atoms with Gasteiger partial charge < -0.3 is 28.8 Å². The fourth-order valence-electron chi connectivity index (χ4n) is 3.15. The molecule has 0 radical (unpaired) electrons. The Morgan fingerprint density at radius 2 is 1.74 bits per heavy atom. The van der Waals surface area contributed by atoms with Gasteiger partial charge in [0.05, 0.1) is 44.8 Å². The summed E-state index contributed by atoms with van der Waals surface area (Å²) in [5, 5.41) is 4.36. The molecule has 0 spiro atoms. The minimum Gasteiger partial charge on any atom is -0.493 e. The summed E-state index contributed by atoms with van der Waals surface area (Å²) in [4.78, 5) is 1.98. The summed E-state index contributed by atoms with van der Waals surface area (Å²) >= 11 is 12.1. The topological polar surface area (TPSA) is 56.1 Å². The quantitative estimate of drug-likeness (QED) is 0.435. The summed E-state index contributed by atoms with van der Waals surface area (Å²) in [5.41, 5.74) is 2.75. The molecule has 0 saturated heterocycles.